The number of fused-ring (bicyclic) bond motifs is 1. The maximum Gasteiger partial charge on any atom is 0.0748 e. The Morgan fingerprint density at radius 3 is 1.62 bits per heavy atom. The van der Waals surface area contributed by atoms with Gasteiger partial charge in [0.15, 0.2) is 0 Å². The Bertz CT molecular complexity index is 1330. The number of rotatable bonds is 7. The summed E-state index contributed by atoms with van der Waals surface area (Å²) >= 11 is 17.8. The zero-order valence-electron chi connectivity index (χ0n) is 18.9. The molecule has 0 radical (unpaired) electrons. The van der Waals surface area contributed by atoms with Crippen molar-refractivity contribution < 1.29 is 0 Å². The van der Waals surface area contributed by atoms with Gasteiger partial charge in [0.05, 0.1) is 25.5 Å². The molecule has 0 nitrogen and oxygen atoms in total. The molecule has 0 amide bonds. The molecule has 0 bridgehead atoms. The van der Waals surface area contributed by atoms with Crippen molar-refractivity contribution in [3.05, 3.63) is 17.0 Å². The molecule has 0 aromatic carbocycles. The number of hydrogen-bond donors (Lipinski definition) is 0. The third-order valence-electron chi connectivity index (χ3n) is 3.94. The predicted octanol–water partition coefficient (Wildman–Crippen LogP) is 10.00. The second-order valence-corrected chi connectivity index (χ2v) is 20.5. The molecule has 154 valence electrons. The van der Waals surface area contributed by atoms with E-state index in [1.165, 1.54) is 4.88 Å². The summed E-state index contributed by atoms with van der Waals surface area (Å²) < 4.78 is 45.7. The second kappa shape index (κ2) is 12.4. The second-order valence-electron chi connectivity index (χ2n) is 5.49. The summed E-state index contributed by atoms with van der Waals surface area (Å²) in [5.41, 5.74) is 0. The summed E-state index contributed by atoms with van der Waals surface area (Å²) in [4.78, 5) is 5.65. The van der Waals surface area contributed by atoms with Crippen molar-refractivity contribution in [3.63, 3.8) is 0 Å². The third kappa shape index (κ3) is 5.58. The highest BCUT2D eigenvalue weighted by atomic mass is 127. The van der Waals surface area contributed by atoms with E-state index in [9.17, 15) is 0 Å². The van der Waals surface area contributed by atoms with Gasteiger partial charge in [-0.2, -0.15) is 0 Å². The summed E-state index contributed by atoms with van der Waals surface area (Å²) in [5.74, 6) is 0. The van der Waals surface area contributed by atoms with Crippen LogP contribution >= 0.6 is 186 Å². The van der Waals surface area contributed by atoms with Crippen molar-refractivity contribution in [2.24, 2.45) is 0 Å². The van der Waals surface area contributed by atoms with Gasteiger partial charge in [0.25, 0.3) is 0 Å². The number of aryl methyl sites for hydroxylation is 1. The first-order valence-electron chi connectivity index (χ1n) is 9.74. The van der Waals surface area contributed by atoms with Gasteiger partial charge in [0.2, 0.25) is 0 Å². The molecular weight excluding hydrogens is 1100 g/mol. The van der Waals surface area contributed by atoms with Gasteiger partial charge in [-0.1, -0.05) is 110 Å². The van der Waals surface area contributed by atoms with Crippen LogP contribution in [-0.4, -0.2) is 6.39 Å². The van der Waals surface area contributed by atoms with Crippen molar-refractivity contribution in [1.29, 1.82) is 6.39 Å². The Kier molecular flexibility index (Phi) is 8.92. The highest BCUT2D eigenvalue weighted by Gasteiger charge is 2.24. The maximum absolute atomic E-state index is 8.76. The van der Waals surface area contributed by atoms with E-state index in [1.807, 2.05) is 0 Å². The Balaban J connectivity index is 1.97. The van der Waals surface area contributed by atoms with Crippen LogP contribution in [0.25, 0.3) is 28.9 Å². The van der Waals surface area contributed by atoms with Crippen LogP contribution in [-0.2, 0) is 0 Å². The Labute approximate surface area is 266 Å². The van der Waals surface area contributed by atoms with Gasteiger partial charge in [-0.3, -0.25) is 0 Å². The molecule has 0 aliphatic heterocycles. The molecule has 0 spiro atoms. The monoisotopic (exact) mass is 1110 g/mol. The normalized spacial score (nSPS) is 19.7. The van der Waals surface area contributed by atoms with Crippen molar-refractivity contribution in [2.45, 2.75) is 6.92 Å². The summed E-state index contributed by atoms with van der Waals surface area (Å²) in [6, 6.07) is 4.25. The lowest BCUT2D eigenvalue weighted by Crippen LogP contribution is -2.03. The first kappa shape index (κ1) is 20.9. The molecule has 5 atom stereocenters. The quantitative estimate of drug-likeness (QED) is 0.128. The van der Waals surface area contributed by atoms with E-state index >= 15 is 0 Å². The SMILES string of the molecule is [2H]P(I)c1cc(-c2sc3c(P([2H])I)c(-c4cc(P([2H])I)c(P([2H])I)s4)sc3c2P([2H])I)sc1C. The lowest BCUT2D eigenvalue weighted by Gasteiger charge is -1.99. The average Bonchev–Trinajstić information content (AvgIpc) is 3.46. The zero-order chi connectivity index (χ0) is 25.1. The molecule has 0 saturated carbocycles. The van der Waals surface area contributed by atoms with Gasteiger partial charge < -0.3 is 0 Å². The van der Waals surface area contributed by atoms with Crippen LogP contribution in [0.4, 0.5) is 0 Å². The van der Waals surface area contributed by atoms with Gasteiger partial charge in [0.1, 0.15) is 0 Å². The van der Waals surface area contributed by atoms with Gasteiger partial charge in [-0.15, -0.1) is 45.3 Å². The maximum atomic E-state index is 8.76. The number of hydrogen-bond acceptors (Lipinski definition) is 4. The summed E-state index contributed by atoms with van der Waals surface area (Å²) in [6.45, 7) is 2.08. The fraction of sp³-hybridized carbons (Fsp3) is 0.0667. The summed E-state index contributed by atoms with van der Waals surface area (Å²) in [5, 5.41) is 4.24. The predicted molar refractivity (Wildman–Crippen MR) is 201 cm³/mol. The molecule has 4 aromatic heterocycles. The van der Waals surface area contributed by atoms with Crippen molar-refractivity contribution in [1.82, 2.24) is 0 Å². The van der Waals surface area contributed by atoms with Crippen molar-refractivity contribution in [3.8, 4) is 19.5 Å². The van der Waals surface area contributed by atoms with Crippen LogP contribution in [0, 0.1) is 6.92 Å². The summed E-state index contributed by atoms with van der Waals surface area (Å²) in [7, 11) is 0. The lowest BCUT2D eigenvalue weighted by atomic mass is 10.3. The van der Waals surface area contributed by atoms with Crippen LogP contribution in [0.2, 0.25) is 0 Å². The Morgan fingerprint density at radius 2 is 1.21 bits per heavy atom. The minimum absolute atomic E-state index is 0.948. The van der Waals surface area contributed by atoms with Crippen LogP contribution < -0.4 is 25.8 Å². The van der Waals surface area contributed by atoms with E-state index < -0.39 is 30.8 Å². The van der Waals surface area contributed by atoms with E-state index in [4.69, 9.17) is 6.39 Å². The van der Waals surface area contributed by atoms with E-state index in [1.54, 1.807) is 45.3 Å². The van der Waals surface area contributed by atoms with E-state index in [2.05, 4.69) is 129 Å². The average molecular weight is 1110 g/mol. The van der Waals surface area contributed by atoms with Crippen LogP contribution in [0.5, 0.6) is 0 Å². The third-order valence-corrected chi connectivity index (χ3v) is 21.7. The lowest BCUT2D eigenvalue weighted by molar-refractivity contribution is 1.69. The highest BCUT2D eigenvalue weighted by molar-refractivity contribution is 14.2. The van der Waals surface area contributed by atoms with Gasteiger partial charge in [-0.25, -0.2) is 0 Å². The van der Waals surface area contributed by atoms with E-state index in [-0.39, 0.29) is 0 Å². The van der Waals surface area contributed by atoms with Crippen LogP contribution in [0.3, 0.4) is 0 Å². The highest BCUT2D eigenvalue weighted by Crippen LogP contribution is 2.49. The molecule has 5 unspecified atom stereocenters. The van der Waals surface area contributed by atoms with Gasteiger partial charge in [-0.05, 0) is 55.2 Å². The molecule has 4 rings (SSSR count). The fourth-order valence-electron chi connectivity index (χ4n) is 2.67. The summed E-state index contributed by atoms with van der Waals surface area (Å²) in [6.07, 6.45) is -5.36. The molecule has 29 heavy (non-hydrogen) atoms. The standard InChI is InChI=1S/C15H10I5P5S4/c1-4-5(21-16)2-7(26-4)11-9(23-18)13-14(28-11)10(24-19)12(29-13)8-3-6(22-17)15(25-20)27-8/h2-3,21-25H,1H3/i21D,22D,23D,24D,25D. The molecular formula is C15H10I5P5S4. The molecule has 4 heterocycles. The Hall–Kier alpha value is 4.86. The largest absolute Gasteiger partial charge is 0.139 e. The first-order valence-corrected chi connectivity index (χ1v) is 29.2. The molecule has 14 heteroatoms. The van der Waals surface area contributed by atoms with E-state index in [0.717, 1.165) is 54.7 Å². The Morgan fingerprint density at radius 1 is 0.690 bits per heavy atom. The van der Waals surface area contributed by atoms with Crippen LogP contribution in [0.1, 0.15) is 4.88 Å². The molecule has 0 aliphatic rings. The van der Waals surface area contributed by atoms with Crippen LogP contribution in [0.15, 0.2) is 12.1 Å². The minimum Gasteiger partial charge on any atom is -0.139 e. The van der Waals surface area contributed by atoms with E-state index in [0.29, 0.717) is 0 Å². The molecule has 0 fully saturated rings. The zero-order valence-corrected chi connectivity index (χ0v) is 32.4. The molecule has 0 N–H and O–H groups in total. The van der Waals surface area contributed by atoms with Gasteiger partial charge in [0, 0.05) is 35.2 Å². The topological polar surface area (TPSA) is 0 Å². The number of thiophene rings is 4. The van der Waals surface area contributed by atoms with Crippen molar-refractivity contribution in [2.75, 3.05) is 0 Å². The molecule has 4 aromatic rings. The minimum atomic E-state index is -1.15. The molecule has 0 saturated heterocycles. The first-order chi connectivity index (χ1) is 15.9. The molecule has 0 aliphatic carbocycles. The number of halogens is 5. The van der Waals surface area contributed by atoms with Gasteiger partial charge >= 0.3 is 0 Å². The smallest absolute Gasteiger partial charge is 0.0748 e. The fourth-order valence-corrected chi connectivity index (χ4v) is 22.7. The van der Waals surface area contributed by atoms with Crippen molar-refractivity contribution >= 4 is 222 Å².